The van der Waals surface area contributed by atoms with Crippen molar-refractivity contribution in [3.8, 4) is 0 Å². The van der Waals surface area contributed by atoms with Gasteiger partial charge in [-0.1, -0.05) is 31.2 Å². The summed E-state index contributed by atoms with van der Waals surface area (Å²) >= 11 is 0. The smallest absolute Gasteiger partial charge is 0.211 e. The first-order valence-electron chi connectivity index (χ1n) is 8.83. The Morgan fingerprint density at radius 2 is 1.20 bits per heavy atom. The van der Waals surface area contributed by atoms with Crippen molar-refractivity contribution in [2.75, 3.05) is 6.54 Å². The van der Waals surface area contributed by atoms with Gasteiger partial charge in [-0.3, -0.25) is 0 Å². The minimum atomic E-state index is -3.52. The van der Waals surface area contributed by atoms with Gasteiger partial charge in [-0.2, -0.15) is 0 Å². The Labute approximate surface area is 152 Å². The fourth-order valence-electron chi connectivity index (χ4n) is 3.21. The minimum absolute atomic E-state index is 0.401. The van der Waals surface area contributed by atoms with E-state index in [0.29, 0.717) is 17.9 Å². The molecule has 0 unspecified atom stereocenters. The second-order valence-electron chi connectivity index (χ2n) is 6.77. The third-order valence-electron chi connectivity index (χ3n) is 5.34. The zero-order chi connectivity index (χ0) is 18.8. The molecule has 136 valence electrons. The monoisotopic (exact) mass is 359 g/mol. The van der Waals surface area contributed by atoms with Crippen molar-refractivity contribution in [2.24, 2.45) is 0 Å². The molecule has 1 N–H and O–H groups in total. The van der Waals surface area contributed by atoms with Crippen LogP contribution in [0.25, 0.3) is 0 Å². The molecule has 0 aliphatic rings. The van der Waals surface area contributed by atoms with E-state index in [1.165, 1.54) is 11.1 Å². The van der Waals surface area contributed by atoms with Crippen LogP contribution in [0, 0.1) is 34.6 Å². The van der Waals surface area contributed by atoms with Gasteiger partial charge in [0.05, 0.1) is 4.90 Å². The fourth-order valence-corrected chi connectivity index (χ4v) is 4.84. The molecule has 2 aromatic carbocycles. The SMILES string of the molecule is CCc1ccc(CCNS(=O)(=O)c2c(C)c(C)c(C)c(C)c2C)cc1. The molecule has 0 aromatic heterocycles. The summed E-state index contributed by atoms with van der Waals surface area (Å²) in [4.78, 5) is 0.439. The van der Waals surface area contributed by atoms with Gasteiger partial charge in [-0.25, -0.2) is 13.1 Å². The predicted octanol–water partition coefficient (Wildman–Crippen LogP) is 4.31. The third-order valence-corrected chi connectivity index (χ3v) is 7.07. The lowest BCUT2D eigenvalue weighted by molar-refractivity contribution is 0.580. The molecule has 0 radical (unpaired) electrons. The number of hydrogen-bond donors (Lipinski definition) is 1. The Morgan fingerprint density at radius 3 is 1.68 bits per heavy atom. The lowest BCUT2D eigenvalue weighted by atomic mass is 9.95. The van der Waals surface area contributed by atoms with Crippen LogP contribution in [0.2, 0.25) is 0 Å². The summed E-state index contributed by atoms with van der Waals surface area (Å²) in [6.07, 6.45) is 1.70. The van der Waals surface area contributed by atoms with Crippen LogP contribution in [0.1, 0.15) is 45.9 Å². The topological polar surface area (TPSA) is 46.2 Å². The molecule has 25 heavy (non-hydrogen) atoms. The van der Waals surface area contributed by atoms with Gasteiger partial charge in [-0.05, 0) is 86.4 Å². The van der Waals surface area contributed by atoms with Crippen molar-refractivity contribution < 1.29 is 8.42 Å². The summed E-state index contributed by atoms with van der Waals surface area (Å²) in [7, 11) is -3.52. The number of aryl methyl sites for hydroxylation is 1. The highest BCUT2D eigenvalue weighted by Gasteiger charge is 2.23. The van der Waals surface area contributed by atoms with Crippen molar-refractivity contribution >= 4 is 10.0 Å². The number of nitrogens with one attached hydrogen (secondary N) is 1. The van der Waals surface area contributed by atoms with Gasteiger partial charge < -0.3 is 0 Å². The molecule has 0 fully saturated rings. The van der Waals surface area contributed by atoms with E-state index in [2.05, 4.69) is 42.8 Å². The Bertz CT molecular complexity index is 837. The maximum absolute atomic E-state index is 12.9. The average Bonchev–Trinajstić information content (AvgIpc) is 2.58. The normalized spacial score (nSPS) is 11.8. The van der Waals surface area contributed by atoms with Crippen LogP contribution in [0.5, 0.6) is 0 Å². The highest BCUT2D eigenvalue weighted by Crippen LogP contribution is 2.29. The molecule has 2 rings (SSSR count). The van der Waals surface area contributed by atoms with Crippen molar-refractivity contribution in [1.82, 2.24) is 4.72 Å². The molecule has 0 atom stereocenters. The van der Waals surface area contributed by atoms with E-state index in [4.69, 9.17) is 0 Å². The molecule has 0 saturated heterocycles. The minimum Gasteiger partial charge on any atom is -0.211 e. The van der Waals surface area contributed by atoms with E-state index >= 15 is 0 Å². The fraction of sp³-hybridized carbons (Fsp3) is 0.429. The lowest BCUT2D eigenvalue weighted by Gasteiger charge is -2.19. The van der Waals surface area contributed by atoms with Gasteiger partial charge in [0, 0.05) is 6.54 Å². The first kappa shape index (κ1) is 19.7. The quantitative estimate of drug-likeness (QED) is 0.835. The van der Waals surface area contributed by atoms with Crippen LogP contribution < -0.4 is 4.72 Å². The van der Waals surface area contributed by atoms with Crippen LogP contribution in [-0.2, 0) is 22.9 Å². The maximum atomic E-state index is 12.9. The van der Waals surface area contributed by atoms with E-state index < -0.39 is 10.0 Å². The molecular weight excluding hydrogens is 330 g/mol. The van der Waals surface area contributed by atoms with E-state index in [0.717, 1.165) is 34.2 Å². The summed E-state index contributed by atoms with van der Waals surface area (Å²) in [6, 6.07) is 8.35. The van der Waals surface area contributed by atoms with E-state index in [1.807, 2.05) is 27.7 Å². The average molecular weight is 360 g/mol. The largest absolute Gasteiger partial charge is 0.241 e. The number of hydrogen-bond acceptors (Lipinski definition) is 2. The van der Waals surface area contributed by atoms with Gasteiger partial charge in [0.1, 0.15) is 0 Å². The van der Waals surface area contributed by atoms with Crippen molar-refractivity contribution in [1.29, 1.82) is 0 Å². The molecule has 0 spiro atoms. The van der Waals surface area contributed by atoms with Gasteiger partial charge >= 0.3 is 0 Å². The number of benzene rings is 2. The summed E-state index contributed by atoms with van der Waals surface area (Å²) in [6.45, 7) is 12.4. The summed E-state index contributed by atoms with van der Waals surface area (Å²) < 4.78 is 28.5. The van der Waals surface area contributed by atoms with Gasteiger partial charge in [-0.15, -0.1) is 0 Å². The Balaban J connectivity index is 2.19. The second-order valence-corrected chi connectivity index (χ2v) is 8.48. The van der Waals surface area contributed by atoms with Gasteiger partial charge in [0.25, 0.3) is 0 Å². The first-order chi connectivity index (χ1) is 11.7. The van der Waals surface area contributed by atoms with Crippen LogP contribution in [-0.4, -0.2) is 15.0 Å². The molecule has 0 heterocycles. The summed E-state index contributed by atoms with van der Waals surface area (Å²) in [5.41, 5.74) is 7.41. The molecular formula is C21H29NO2S. The van der Waals surface area contributed by atoms with Crippen molar-refractivity contribution in [3.63, 3.8) is 0 Å². The van der Waals surface area contributed by atoms with E-state index in [1.54, 1.807) is 0 Å². The maximum Gasteiger partial charge on any atom is 0.241 e. The second kappa shape index (κ2) is 7.71. The predicted molar refractivity (Wildman–Crippen MR) is 105 cm³/mol. The zero-order valence-corrected chi connectivity index (χ0v) is 17.0. The van der Waals surface area contributed by atoms with Crippen LogP contribution in [0.3, 0.4) is 0 Å². The Morgan fingerprint density at radius 1 is 0.760 bits per heavy atom. The van der Waals surface area contributed by atoms with Crippen molar-refractivity contribution in [2.45, 2.75) is 59.3 Å². The number of rotatable bonds is 6. The standard InChI is InChI=1S/C21H29NO2S/c1-7-19-8-10-20(11-9-19)12-13-22-25(23,24)21-17(5)15(3)14(2)16(4)18(21)6/h8-11,22H,7,12-13H2,1-6H3. The highest BCUT2D eigenvalue weighted by molar-refractivity contribution is 7.89. The van der Waals surface area contributed by atoms with Crippen LogP contribution in [0.4, 0.5) is 0 Å². The first-order valence-corrected chi connectivity index (χ1v) is 10.3. The van der Waals surface area contributed by atoms with Gasteiger partial charge in [0.2, 0.25) is 10.0 Å². The Hall–Kier alpha value is -1.65. The molecule has 4 heteroatoms. The third kappa shape index (κ3) is 4.13. The van der Waals surface area contributed by atoms with Gasteiger partial charge in [0.15, 0.2) is 0 Å². The van der Waals surface area contributed by atoms with E-state index in [-0.39, 0.29) is 0 Å². The molecule has 0 aliphatic heterocycles. The Kier molecular flexibility index (Phi) is 6.07. The van der Waals surface area contributed by atoms with Crippen LogP contribution >= 0.6 is 0 Å². The molecule has 0 bridgehead atoms. The van der Waals surface area contributed by atoms with Crippen LogP contribution in [0.15, 0.2) is 29.2 Å². The molecule has 0 amide bonds. The zero-order valence-electron chi connectivity index (χ0n) is 16.2. The summed E-state index contributed by atoms with van der Waals surface area (Å²) in [5, 5.41) is 0. The number of sulfonamides is 1. The molecule has 0 aliphatic carbocycles. The lowest BCUT2D eigenvalue weighted by Crippen LogP contribution is -2.28. The molecule has 0 saturated carbocycles. The highest BCUT2D eigenvalue weighted by atomic mass is 32.2. The van der Waals surface area contributed by atoms with Crippen molar-refractivity contribution in [3.05, 3.63) is 63.2 Å². The van der Waals surface area contributed by atoms with E-state index in [9.17, 15) is 8.42 Å². The summed E-state index contributed by atoms with van der Waals surface area (Å²) in [5.74, 6) is 0. The molecule has 3 nitrogen and oxygen atoms in total. The molecule has 2 aromatic rings.